The number of hydrogen-bond acceptors (Lipinski definition) is 4. The number of carbonyl (C=O) groups excluding carboxylic acids is 1. The average Bonchev–Trinajstić information content (AvgIpc) is 3.45. The van der Waals surface area contributed by atoms with E-state index in [0.717, 1.165) is 43.7 Å². The van der Waals surface area contributed by atoms with Crippen LogP contribution in [0.15, 0.2) is 36.7 Å². The smallest absolute Gasteiger partial charge is 0.255 e. The summed E-state index contributed by atoms with van der Waals surface area (Å²) in [7, 11) is 1.96. The van der Waals surface area contributed by atoms with E-state index in [0.29, 0.717) is 23.7 Å². The van der Waals surface area contributed by atoms with E-state index in [-0.39, 0.29) is 11.8 Å². The monoisotopic (exact) mass is 393 g/mol. The van der Waals surface area contributed by atoms with E-state index in [1.165, 1.54) is 0 Å². The van der Waals surface area contributed by atoms with Gasteiger partial charge in [0.2, 0.25) is 0 Å². The number of pyridine rings is 1. The van der Waals surface area contributed by atoms with Gasteiger partial charge >= 0.3 is 0 Å². The molecule has 1 aliphatic carbocycles. The highest BCUT2D eigenvalue weighted by Gasteiger charge is 2.48. The summed E-state index contributed by atoms with van der Waals surface area (Å²) < 4.78 is 3.87. The lowest BCUT2D eigenvalue weighted by atomic mass is 9.69. The molecule has 0 spiro atoms. The molecule has 5 rings (SSSR count). The fourth-order valence-corrected chi connectivity index (χ4v) is 5.30. The van der Waals surface area contributed by atoms with Gasteiger partial charge in [-0.25, -0.2) is 0 Å². The molecule has 2 fully saturated rings. The minimum absolute atomic E-state index is 0.0197. The van der Waals surface area contributed by atoms with Gasteiger partial charge in [-0.3, -0.25) is 9.20 Å². The molecule has 0 bridgehead atoms. The molecule has 0 aromatic carbocycles. The highest BCUT2D eigenvalue weighted by atomic mass is 16.3. The van der Waals surface area contributed by atoms with Gasteiger partial charge in [0.1, 0.15) is 0 Å². The lowest BCUT2D eigenvalue weighted by Crippen LogP contribution is -2.44. The first-order valence-corrected chi connectivity index (χ1v) is 10.5. The number of aryl methyl sites for hydroxylation is 1. The van der Waals surface area contributed by atoms with Gasteiger partial charge in [-0.1, -0.05) is 13.3 Å². The van der Waals surface area contributed by atoms with Crippen molar-refractivity contribution < 1.29 is 9.90 Å². The van der Waals surface area contributed by atoms with Gasteiger partial charge in [-0.15, -0.1) is 10.2 Å². The number of aliphatic hydroxyl groups is 1. The summed E-state index contributed by atoms with van der Waals surface area (Å²) in [5.41, 5.74) is 1.66. The van der Waals surface area contributed by atoms with Gasteiger partial charge in [0.05, 0.1) is 16.9 Å². The van der Waals surface area contributed by atoms with Gasteiger partial charge < -0.3 is 14.6 Å². The van der Waals surface area contributed by atoms with Crippen molar-refractivity contribution in [3.05, 3.63) is 42.2 Å². The van der Waals surface area contributed by atoms with Crippen molar-refractivity contribution >= 4 is 11.6 Å². The van der Waals surface area contributed by atoms with Gasteiger partial charge in [0, 0.05) is 38.4 Å². The summed E-state index contributed by atoms with van der Waals surface area (Å²) in [6.07, 6.45) is 7.54. The highest BCUT2D eigenvalue weighted by molar-refractivity contribution is 5.94. The first-order chi connectivity index (χ1) is 14.0. The molecule has 3 aromatic rings. The Labute approximate surface area is 170 Å². The topological polar surface area (TPSA) is 75.7 Å². The molecule has 4 heterocycles. The van der Waals surface area contributed by atoms with Crippen LogP contribution in [-0.2, 0) is 7.05 Å². The number of hydrogen-bond donors (Lipinski definition) is 1. The van der Waals surface area contributed by atoms with Crippen molar-refractivity contribution in [2.75, 3.05) is 13.1 Å². The average molecular weight is 393 g/mol. The van der Waals surface area contributed by atoms with E-state index in [9.17, 15) is 9.90 Å². The Morgan fingerprint density at radius 1 is 1.28 bits per heavy atom. The number of fused-ring (bicyclic) bond motifs is 2. The Morgan fingerprint density at radius 2 is 2.14 bits per heavy atom. The molecule has 29 heavy (non-hydrogen) atoms. The van der Waals surface area contributed by atoms with E-state index < -0.39 is 5.60 Å². The van der Waals surface area contributed by atoms with Gasteiger partial charge in [0.15, 0.2) is 11.5 Å². The molecule has 2 aliphatic rings. The van der Waals surface area contributed by atoms with Crippen LogP contribution in [0.2, 0.25) is 0 Å². The van der Waals surface area contributed by atoms with Crippen LogP contribution < -0.4 is 0 Å². The zero-order chi connectivity index (χ0) is 20.2. The number of amides is 1. The van der Waals surface area contributed by atoms with Crippen molar-refractivity contribution in [3.8, 4) is 11.5 Å². The molecular weight excluding hydrogens is 366 g/mol. The third kappa shape index (κ3) is 2.87. The van der Waals surface area contributed by atoms with Gasteiger partial charge in [-0.05, 0) is 49.4 Å². The molecule has 1 amide bonds. The number of likely N-dealkylation sites (tertiary alicyclic amines) is 1. The van der Waals surface area contributed by atoms with Crippen LogP contribution in [0.4, 0.5) is 0 Å². The van der Waals surface area contributed by atoms with Gasteiger partial charge in [0.25, 0.3) is 5.91 Å². The van der Waals surface area contributed by atoms with E-state index in [1.807, 2.05) is 57.6 Å². The summed E-state index contributed by atoms with van der Waals surface area (Å²) in [4.78, 5) is 15.2. The molecule has 3 aromatic heterocycles. The summed E-state index contributed by atoms with van der Waals surface area (Å²) in [6.45, 7) is 3.42. The summed E-state index contributed by atoms with van der Waals surface area (Å²) in [5, 5.41) is 19.6. The Bertz CT molecular complexity index is 1070. The largest absolute Gasteiger partial charge is 0.390 e. The lowest BCUT2D eigenvalue weighted by Gasteiger charge is -2.40. The lowest BCUT2D eigenvalue weighted by molar-refractivity contribution is -0.0609. The molecule has 152 valence electrons. The molecule has 1 saturated carbocycles. The van der Waals surface area contributed by atoms with Crippen molar-refractivity contribution in [2.24, 2.45) is 18.9 Å². The van der Waals surface area contributed by atoms with E-state index >= 15 is 0 Å². The predicted octanol–water partition coefficient (Wildman–Crippen LogP) is 2.75. The third-order valence-corrected chi connectivity index (χ3v) is 7.04. The second-order valence-corrected chi connectivity index (χ2v) is 8.60. The fourth-order valence-electron chi connectivity index (χ4n) is 5.30. The van der Waals surface area contributed by atoms with Crippen LogP contribution in [0.1, 0.15) is 43.0 Å². The third-order valence-electron chi connectivity index (χ3n) is 7.04. The normalized spacial score (nSPS) is 26.8. The molecule has 3 atom stereocenters. The minimum Gasteiger partial charge on any atom is -0.390 e. The van der Waals surface area contributed by atoms with Crippen molar-refractivity contribution in [1.82, 2.24) is 24.1 Å². The van der Waals surface area contributed by atoms with E-state index in [2.05, 4.69) is 17.1 Å². The number of carbonyl (C=O) groups is 1. The van der Waals surface area contributed by atoms with Crippen LogP contribution in [0.3, 0.4) is 0 Å². The fraction of sp³-hybridized carbons (Fsp3) is 0.500. The Morgan fingerprint density at radius 3 is 2.90 bits per heavy atom. The molecule has 1 N–H and O–H groups in total. The second kappa shape index (κ2) is 6.69. The zero-order valence-electron chi connectivity index (χ0n) is 17.0. The zero-order valence-corrected chi connectivity index (χ0v) is 17.0. The Hall–Kier alpha value is -2.67. The van der Waals surface area contributed by atoms with Crippen LogP contribution in [0.5, 0.6) is 0 Å². The second-order valence-electron chi connectivity index (χ2n) is 8.60. The van der Waals surface area contributed by atoms with E-state index in [4.69, 9.17) is 0 Å². The summed E-state index contributed by atoms with van der Waals surface area (Å²) >= 11 is 0. The van der Waals surface area contributed by atoms with Crippen molar-refractivity contribution in [1.29, 1.82) is 0 Å². The highest BCUT2D eigenvalue weighted by Crippen LogP contribution is 2.44. The molecule has 1 aliphatic heterocycles. The van der Waals surface area contributed by atoms with Crippen molar-refractivity contribution in [3.63, 3.8) is 0 Å². The molecule has 1 saturated heterocycles. The summed E-state index contributed by atoms with van der Waals surface area (Å²) in [5.74, 6) is 1.32. The minimum atomic E-state index is -0.629. The maximum atomic E-state index is 13.3. The van der Waals surface area contributed by atoms with Crippen LogP contribution in [-0.4, -0.2) is 53.8 Å². The molecule has 7 heteroatoms. The van der Waals surface area contributed by atoms with Crippen LogP contribution in [0.25, 0.3) is 17.2 Å². The molecular formula is C22H27N5O2. The van der Waals surface area contributed by atoms with Gasteiger partial charge in [-0.2, -0.15) is 0 Å². The standard InChI is InChI=1S/C22H27N5O2/c1-3-22(29)10-4-6-15-12-26(14-17(15)22)21(28)16-8-9-19-23-24-20(27(19)13-16)18-7-5-11-25(18)2/h5,7-9,11,13,15,17,29H,3-4,6,10,12,14H2,1-2H3/t15-,17+,22-/m0/s1. The molecule has 0 unspecified atom stereocenters. The van der Waals surface area contributed by atoms with Crippen LogP contribution in [0, 0.1) is 11.8 Å². The Balaban J connectivity index is 1.45. The Kier molecular flexibility index (Phi) is 4.24. The first-order valence-electron chi connectivity index (χ1n) is 10.5. The van der Waals surface area contributed by atoms with Crippen molar-refractivity contribution in [2.45, 2.75) is 38.2 Å². The predicted molar refractivity (Wildman–Crippen MR) is 109 cm³/mol. The number of nitrogens with zero attached hydrogens (tertiary/aromatic N) is 5. The molecule has 7 nitrogen and oxygen atoms in total. The summed E-state index contributed by atoms with van der Waals surface area (Å²) in [6, 6.07) is 7.63. The number of rotatable bonds is 3. The van der Waals surface area contributed by atoms with Crippen LogP contribution >= 0.6 is 0 Å². The number of aromatic nitrogens is 4. The van der Waals surface area contributed by atoms with E-state index in [1.54, 1.807) is 0 Å². The first kappa shape index (κ1) is 18.4. The maximum absolute atomic E-state index is 13.3. The molecule has 0 radical (unpaired) electrons. The quantitative estimate of drug-likeness (QED) is 0.742. The SMILES string of the molecule is CC[C@]1(O)CCC[C@H]2CN(C(=O)c3ccc4nnc(-c5cccn5C)n4c3)C[C@H]21. The maximum Gasteiger partial charge on any atom is 0.255 e.